The molecule has 13 heteroatoms. The molecule has 2 aliphatic heterocycles. The number of nitrogens with zero attached hydrogens (tertiary/aromatic N) is 3. The van der Waals surface area contributed by atoms with Gasteiger partial charge in [0, 0.05) is 11.1 Å². The zero-order chi connectivity index (χ0) is 20.4. The fourth-order valence-electron chi connectivity index (χ4n) is 2.74. The molecule has 150 valence electrons. The number of hydrogen-bond donors (Lipinski definition) is 4. The molecule has 2 aliphatic rings. The SMILES string of the molecule is CC1=C(C(=O)O)N2C(=O)C(NC(=O)C(=NOCCO)c3csc(N)n3)[C@@H]2SC1. The largest absolute Gasteiger partial charge is 0.477 e. The van der Waals surface area contributed by atoms with Gasteiger partial charge in [-0.2, -0.15) is 0 Å². The number of amides is 2. The molecular weight excluding hydrogens is 410 g/mol. The molecule has 5 N–H and O–H groups in total. The molecule has 1 unspecified atom stereocenters. The Kier molecular flexibility index (Phi) is 5.86. The molecule has 0 aliphatic carbocycles. The summed E-state index contributed by atoms with van der Waals surface area (Å²) in [4.78, 5) is 46.6. The van der Waals surface area contributed by atoms with Crippen LogP contribution in [0.4, 0.5) is 5.13 Å². The number of carboxylic acids is 1. The van der Waals surface area contributed by atoms with Crippen molar-refractivity contribution in [1.29, 1.82) is 0 Å². The van der Waals surface area contributed by atoms with Crippen LogP contribution in [0.25, 0.3) is 0 Å². The van der Waals surface area contributed by atoms with Crippen molar-refractivity contribution < 1.29 is 29.4 Å². The van der Waals surface area contributed by atoms with E-state index in [2.05, 4.69) is 15.5 Å². The number of carbonyl (C=O) groups is 3. The highest BCUT2D eigenvalue weighted by Gasteiger charge is 2.54. The van der Waals surface area contributed by atoms with E-state index in [1.165, 1.54) is 22.0 Å². The summed E-state index contributed by atoms with van der Waals surface area (Å²) >= 11 is 2.46. The van der Waals surface area contributed by atoms with Crippen molar-refractivity contribution >= 4 is 51.7 Å². The fraction of sp³-hybridized carbons (Fsp3) is 0.400. The Hall–Kier alpha value is -2.64. The van der Waals surface area contributed by atoms with Crippen molar-refractivity contribution in [3.63, 3.8) is 0 Å². The number of aromatic nitrogens is 1. The first-order chi connectivity index (χ1) is 13.3. The zero-order valence-corrected chi connectivity index (χ0v) is 16.2. The van der Waals surface area contributed by atoms with Crippen LogP contribution in [0.2, 0.25) is 0 Å². The van der Waals surface area contributed by atoms with Crippen LogP contribution in [0.1, 0.15) is 12.6 Å². The van der Waals surface area contributed by atoms with Crippen LogP contribution in [0.15, 0.2) is 21.8 Å². The summed E-state index contributed by atoms with van der Waals surface area (Å²) in [6.07, 6.45) is 0. The average Bonchev–Trinajstić information content (AvgIpc) is 3.08. The molecule has 28 heavy (non-hydrogen) atoms. The van der Waals surface area contributed by atoms with Crippen molar-refractivity contribution in [3.8, 4) is 0 Å². The fourth-order valence-corrected chi connectivity index (χ4v) is 4.58. The maximum absolute atomic E-state index is 12.7. The summed E-state index contributed by atoms with van der Waals surface area (Å²) in [6.45, 7) is 1.23. The number of carboxylic acid groups (broad SMARTS) is 1. The van der Waals surface area contributed by atoms with Gasteiger partial charge in [-0.25, -0.2) is 9.78 Å². The van der Waals surface area contributed by atoms with Crippen LogP contribution in [-0.4, -0.2) is 74.0 Å². The van der Waals surface area contributed by atoms with E-state index in [0.29, 0.717) is 11.3 Å². The van der Waals surface area contributed by atoms with Crippen molar-refractivity contribution in [3.05, 3.63) is 22.3 Å². The van der Waals surface area contributed by atoms with Gasteiger partial charge in [-0.3, -0.25) is 14.5 Å². The van der Waals surface area contributed by atoms with E-state index < -0.39 is 29.2 Å². The van der Waals surface area contributed by atoms with Crippen LogP contribution in [0.5, 0.6) is 0 Å². The number of aliphatic hydroxyl groups excluding tert-OH is 1. The van der Waals surface area contributed by atoms with Crippen LogP contribution < -0.4 is 11.1 Å². The van der Waals surface area contributed by atoms with E-state index in [4.69, 9.17) is 15.7 Å². The van der Waals surface area contributed by atoms with Gasteiger partial charge in [0.15, 0.2) is 10.8 Å². The molecular formula is C15H17N5O6S2. The Morgan fingerprint density at radius 3 is 2.89 bits per heavy atom. The highest BCUT2D eigenvalue weighted by molar-refractivity contribution is 8.00. The van der Waals surface area contributed by atoms with E-state index in [1.807, 2.05) is 0 Å². The number of aliphatic hydroxyl groups is 1. The molecule has 0 aromatic carbocycles. The molecule has 0 bridgehead atoms. The van der Waals surface area contributed by atoms with Crippen LogP contribution >= 0.6 is 23.1 Å². The first kappa shape index (κ1) is 20.1. The second-order valence-electron chi connectivity index (χ2n) is 5.86. The molecule has 2 atom stereocenters. The molecule has 1 fully saturated rings. The van der Waals surface area contributed by atoms with Crippen molar-refractivity contribution in [1.82, 2.24) is 15.2 Å². The second kappa shape index (κ2) is 8.16. The number of aliphatic carboxylic acids is 1. The standard InChI is InChI=1S/C15H17N5O6S2/c1-6-4-27-13-9(12(23)20(13)10(6)14(24)25)18-11(22)8(19-26-3-2-21)7-5-28-15(16)17-7/h5,9,13,21H,2-4H2,1H3,(H2,16,17)(H,18,22)(H,24,25)/t9?,13-/m0/s1. The third kappa shape index (κ3) is 3.68. The number of fused-ring (bicyclic) bond motifs is 1. The molecule has 3 rings (SSSR count). The van der Waals surface area contributed by atoms with Gasteiger partial charge in [0.25, 0.3) is 11.8 Å². The number of rotatable bonds is 7. The number of nitrogens with two attached hydrogens (primary N) is 1. The number of thiazole rings is 1. The Morgan fingerprint density at radius 1 is 1.54 bits per heavy atom. The quantitative estimate of drug-likeness (QED) is 0.188. The number of carbonyl (C=O) groups excluding carboxylic acids is 2. The maximum Gasteiger partial charge on any atom is 0.352 e. The summed E-state index contributed by atoms with van der Waals surface area (Å²) in [5.74, 6) is -1.98. The van der Waals surface area contributed by atoms with Crippen LogP contribution in [0, 0.1) is 0 Å². The lowest BCUT2D eigenvalue weighted by Crippen LogP contribution is -2.71. The van der Waals surface area contributed by atoms with Gasteiger partial charge < -0.3 is 26.1 Å². The van der Waals surface area contributed by atoms with Gasteiger partial charge in [-0.05, 0) is 12.5 Å². The normalized spacial score (nSPS) is 21.9. The van der Waals surface area contributed by atoms with Crippen molar-refractivity contribution in [2.24, 2.45) is 5.16 Å². The van der Waals surface area contributed by atoms with Gasteiger partial charge in [0.2, 0.25) is 0 Å². The van der Waals surface area contributed by atoms with Gasteiger partial charge in [0.1, 0.15) is 29.4 Å². The average molecular weight is 427 g/mol. The number of nitrogens with one attached hydrogen (secondary N) is 1. The van der Waals surface area contributed by atoms with E-state index in [1.54, 1.807) is 6.92 Å². The number of hydrogen-bond acceptors (Lipinski definition) is 10. The predicted molar refractivity (Wildman–Crippen MR) is 101 cm³/mol. The molecule has 1 aromatic rings. The lowest BCUT2D eigenvalue weighted by Gasteiger charge is -2.49. The van der Waals surface area contributed by atoms with Crippen molar-refractivity contribution in [2.45, 2.75) is 18.3 Å². The lowest BCUT2D eigenvalue weighted by molar-refractivity contribution is -0.150. The number of oxime groups is 1. The summed E-state index contributed by atoms with van der Waals surface area (Å²) < 4.78 is 0. The van der Waals surface area contributed by atoms with Gasteiger partial charge in [0.05, 0.1) is 6.61 Å². The number of nitrogen functional groups attached to an aromatic ring is 1. The third-order valence-corrected chi connectivity index (χ3v) is 6.06. The molecule has 11 nitrogen and oxygen atoms in total. The molecule has 1 saturated heterocycles. The molecule has 3 heterocycles. The van der Waals surface area contributed by atoms with Crippen LogP contribution in [0.3, 0.4) is 0 Å². The van der Waals surface area contributed by atoms with Gasteiger partial charge in [-0.1, -0.05) is 5.16 Å². The van der Waals surface area contributed by atoms with E-state index >= 15 is 0 Å². The minimum Gasteiger partial charge on any atom is -0.477 e. The number of thioether (sulfide) groups is 1. The smallest absolute Gasteiger partial charge is 0.352 e. The highest BCUT2D eigenvalue weighted by Crippen LogP contribution is 2.40. The molecule has 1 aromatic heterocycles. The van der Waals surface area contributed by atoms with E-state index in [9.17, 15) is 19.5 Å². The Bertz CT molecular complexity index is 882. The second-order valence-corrected chi connectivity index (χ2v) is 7.86. The maximum atomic E-state index is 12.7. The van der Waals surface area contributed by atoms with Gasteiger partial charge >= 0.3 is 5.97 Å². The first-order valence-electron chi connectivity index (χ1n) is 8.06. The molecule has 0 radical (unpaired) electrons. The van der Waals surface area contributed by atoms with E-state index in [0.717, 1.165) is 11.3 Å². The highest BCUT2D eigenvalue weighted by atomic mass is 32.2. The summed E-state index contributed by atoms with van der Waals surface area (Å²) in [5.41, 5.74) is 6.10. The Morgan fingerprint density at radius 2 is 2.29 bits per heavy atom. The zero-order valence-electron chi connectivity index (χ0n) is 14.6. The Labute approximate surface area is 167 Å². The molecule has 2 amide bonds. The minimum atomic E-state index is -1.18. The number of β-lactam (4-membered cyclic amide) rings is 1. The van der Waals surface area contributed by atoms with Crippen LogP contribution in [-0.2, 0) is 19.2 Å². The third-order valence-electron chi connectivity index (χ3n) is 3.97. The van der Waals surface area contributed by atoms with Gasteiger partial charge in [-0.15, -0.1) is 23.1 Å². The summed E-state index contributed by atoms with van der Waals surface area (Å²) in [6, 6.07) is -0.904. The number of anilines is 1. The molecule has 0 spiro atoms. The van der Waals surface area contributed by atoms with Crippen molar-refractivity contribution in [2.75, 3.05) is 24.7 Å². The van der Waals surface area contributed by atoms with E-state index in [-0.39, 0.29) is 35.4 Å². The molecule has 0 saturated carbocycles. The topological polar surface area (TPSA) is 167 Å². The first-order valence-corrected chi connectivity index (χ1v) is 9.98. The minimum absolute atomic E-state index is 0.0494. The monoisotopic (exact) mass is 427 g/mol. The Balaban J connectivity index is 1.77. The predicted octanol–water partition coefficient (Wildman–Crippen LogP) is -0.803. The summed E-state index contributed by atoms with van der Waals surface area (Å²) in [5, 5.41) is 25.6. The summed E-state index contributed by atoms with van der Waals surface area (Å²) in [7, 11) is 0. The lowest BCUT2D eigenvalue weighted by atomic mass is 10.0.